The molecule has 1 aromatic carbocycles. The molecule has 2 fully saturated rings. The molecule has 29 heavy (non-hydrogen) atoms. The number of aliphatic hydroxyl groups is 1. The molecule has 0 radical (unpaired) electrons. The molecule has 2 saturated carbocycles. The molecule has 2 aliphatic rings. The molecule has 5 rings (SSSR count). The third-order valence-electron chi connectivity index (χ3n) is 6.28. The zero-order valence-corrected chi connectivity index (χ0v) is 17.0. The van der Waals surface area contributed by atoms with Gasteiger partial charge in [-0.25, -0.2) is 4.98 Å². The molecular weight excluding hydrogens is 388 g/mol. The fourth-order valence-corrected chi connectivity index (χ4v) is 4.61. The van der Waals surface area contributed by atoms with Crippen LogP contribution in [0.15, 0.2) is 29.2 Å². The Labute approximate surface area is 173 Å². The average Bonchev–Trinajstić information content (AvgIpc) is 3.54. The van der Waals surface area contributed by atoms with Crippen LogP contribution >= 0.6 is 11.6 Å². The van der Waals surface area contributed by atoms with Crippen LogP contribution in [0.4, 0.5) is 5.95 Å². The largest absolute Gasteiger partial charge is 0.393 e. The van der Waals surface area contributed by atoms with Crippen molar-refractivity contribution in [1.29, 1.82) is 0 Å². The van der Waals surface area contributed by atoms with Crippen LogP contribution in [0.25, 0.3) is 21.8 Å². The number of aliphatic hydroxyl groups excluding tert-OH is 1. The number of hydrogen-bond donors (Lipinski definition) is 2. The van der Waals surface area contributed by atoms with Crippen molar-refractivity contribution in [3.8, 4) is 0 Å². The number of rotatable bonds is 5. The van der Waals surface area contributed by atoms with E-state index in [1.807, 2.05) is 16.8 Å². The molecule has 0 spiro atoms. The van der Waals surface area contributed by atoms with Gasteiger partial charge in [-0.1, -0.05) is 30.5 Å². The summed E-state index contributed by atoms with van der Waals surface area (Å²) in [7, 11) is 0. The Morgan fingerprint density at radius 3 is 2.66 bits per heavy atom. The Morgan fingerprint density at radius 1 is 1.10 bits per heavy atom. The van der Waals surface area contributed by atoms with Crippen molar-refractivity contribution in [3.05, 3.63) is 39.8 Å². The van der Waals surface area contributed by atoms with Gasteiger partial charge in [0.05, 0.1) is 6.10 Å². The topological polar surface area (TPSA) is 80.0 Å². The summed E-state index contributed by atoms with van der Waals surface area (Å²) >= 11 is 6.19. The maximum absolute atomic E-state index is 13.5. The van der Waals surface area contributed by atoms with Crippen LogP contribution in [0.3, 0.4) is 0 Å². The van der Waals surface area contributed by atoms with Crippen molar-refractivity contribution in [2.75, 3.05) is 11.9 Å². The standard InChI is InChI=1S/C22H25ClN4O2/c23-14-3-8-17-18(11-14)21(29)27(15-4-6-16(28)7-5-15)20-19(17)12-25-22(26-20)24-10-9-13-1-2-13/h3,8,11-13,15-16,28H,1-2,4-7,9-10H2,(H,24,25,26). The summed E-state index contributed by atoms with van der Waals surface area (Å²) in [5.74, 6) is 1.40. The summed E-state index contributed by atoms with van der Waals surface area (Å²) in [6, 6.07) is 5.42. The van der Waals surface area contributed by atoms with Crippen LogP contribution in [0.5, 0.6) is 0 Å². The van der Waals surface area contributed by atoms with E-state index in [1.165, 1.54) is 12.8 Å². The van der Waals surface area contributed by atoms with E-state index in [0.717, 1.165) is 42.5 Å². The van der Waals surface area contributed by atoms with Crippen LogP contribution in [0.1, 0.15) is 51.0 Å². The quantitative estimate of drug-likeness (QED) is 0.611. The normalized spacial score (nSPS) is 22.3. The molecule has 152 valence electrons. The molecule has 0 unspecified atom stereocenters. The third kappa shape index (κ3) is 3.71. The van der Waals surface area contributed by atoms with Gasteiger partial charge >= 0.3 is 0 Å². The van der Waals surface area contributed by atoms with E-state index >= 15 is 0 Å². The molecule has 0 saturated heterocycles. The highest BCUT2D eigenvalue weighted by molar-refractivity contribution is 6.31. The number of halogens is 1. The Morgan fingerprint density at radius 2 is 1.90 bits per heavy atom. The predicted molar refractivity (Wildman–Crippen MR) is 116 cm³/mol. The van der Waals surface area contributed by atoms with E-state index in [4.69, 9.17) is 16.6 Å². The van der Waals surface area contributed by atoms with Gasteiger partial charge in [-0.05, 0) is 55.5 Å². The van der Waals surface area contributed by atoms with E-state index < -0.39 is 0 Å². The van der Waals surface area contributed by atoms with Crippen LogP contribution in [-0.4, -0.2) is 32.3 Å². The van der Waals surface area contributed by atoms with Gasteiger partial charge < -0.3 is 10.4 Å². The molecular formula is C22H25ClN4O2. The van der Waals surface area contributed by atoms with Crippen LogP contribution in [-0.2, 0) is 0 Å². The first-order chi connectivity index (χ1) is 14.1. The number of benzene rings is 1. The maximum Gasteiger partial charge on any atom is 0.260 e. The number of hydrogen-bond acceptors (Lipinski definition) is 5. The lowest BCUT2D eigenvalue weighted by atomic mass is 9.92. The molecule has 6 nitrogen and oxygen atoms in total. The highest BCUT2D eigenvalue weighted by atomic mass is 35.5. The van der Waals surface area contributed by atoms with Crippen LogP contribution < -0.4 is 10.9 Å². The maximum atomic E-state index is 13.5. The van der Waals surface area contributed by atoms with Crippen molar-refractivity contribution >= 4 is 39.4 Å². The van der Waals surface area contributed by atoms with Gasteiger partial charge in [0.2, 0.25) is 5.95 Å². The summed E-state index contributed by atoms with van der Waals surface area (Å²) in [5, 5.41) is 16.1. The molecule has 2 N–H and O–H groups in total. The van der Waals surface area contributed by atoms with Gasteiger partial charge in [-0.15, -0.1) is 0 Å². The van der Waals surface area contributed by atoms with Gasteiger partial charge in [0.25, 0.3) is 5.56 Å². The Kier molecular flexibility index (Phi) is 4.92. The molecule has 0 bridgehead atoms. The van der Waals surface area contributed by atoms with E-state index in [-0.39, 0.29) is 17.7 Å². The molecule has 0 aliphatic heterocycles. The molecule has 2 aliphatic carbocycles. The van der Waals surface area contributed by atoms with E-state index in [9.17, 15) is 9.90 Å². The fraction of sp³-hybridized carbons (Fsp3) is 0.500. The second-order valence-corrected chi connectivity index (χ2v) is 8.85. The minimum absolute atomic E-state index is 0.0194. The minimum atomic E-state index is -0.280. The Balaban J connectivity index is 1.64. The molecule has 3 aromatic rings. The van der Waals surface area contributed by atoms with Crippen molar-refractivity contribution < 1.29 is 5.11 Å². The summed E-state index contributed by atoms with van der Waals surface area (Å²) in [6.45, 7) is 0.846. The minimum Gasteiger partial charge on any atom is -0.393 e. The lowest BCUT2D eigenvalue weighted by Crippen LogP contribution is -2.30. The van der Waals surface area contributed by atoms with Crippen molar-refractivity contribution in [3.63, 3.8) is 0 Å². The number of pyridine rings is 1. The fourth-order valence-electron chi connectivity index (χ4n) is 4.44. The average molecular weight is 413 g/mol. The molecule has 2 heterocycles. The second kappa shape index (κ2) is 7.58. The molecule has 7 heteroatoms. The number of anilines is 1. The summed E-state index contributed by atoms with van der Waals surface area (Å²) in [5.41, 5.74) is 0.592. The first-order valence-corrected chi connectivity index (χ1v) is 10.9. The van der Waals surface area contributed by atoms with E-state index in [2.05, 4.69) is 10.3 Å². The van der Waals surface area contributed by atoms with Gasteiger partial charge in [0.1, 0.15) is 5.65 Å². The molecule has 0 amide bonds. The first kappa shape index (κ1) is 18.8. The highest BCUT2D eigenvalue weighted by Gasteiger charge is 2.25. The predicted octanol–water partition coefficient (Wildman–Crippen LogP) is 4.29. The van der Waals surface area contributed by atoms with Crippen molar-refractivity contribution in [2.24, 2.45) is 5.92 Å². The van der Waals surface area contributed by atoms with Crippen LogP contribution in [0, 0.1) is 5.92 Å². The number of nitrogens with zero attached hydrogens (tertiary/aromatic N) is 3. The smallest absolute Gasteiger partial charge is 0.260 e. The lowest BCUT2D eigenvalue weighted by Gasteiger charge is -2.28. The molecule has 0 atom stereocenters. The number of aromatic nitrogens is 3. The summed E-state index contributed by atoms with van der Waals surface area (Å²) in [6.07, 6.45) is 8.22. The van der Waals surface area contributed by atoms with Crippen molar-refractivity contribution in [2.45, 2.75) is 57.1 Å². The number of fused-ring (bicyclic) bond motifs is 3. The van der Waals surface area contributed by atoms with Gasteiger partial charge in [-0.3, -0.25) is 9.36 Å². The van der Waals surface area contributed by atoms with Gasteiger partial charge in [-0.2, -0.15) is 4.98 Å². The third-order valence-corrected chi connectivity index (χ3v) is 6.52. The van der Waals surface area contributed by atoms with Crippen LogP contribution in [0.2, 0.25) is 5.02 Å². The van der Waals surface area contributed by atoms with Gasteiger partial charge in [0.15, 0.2) is 0 Å². The Hall–Kier alpha value is -2.18. The summed E-state index contributed by atoms with van der Waals surface area (Å²) < 4.78 is 1.81. The Bertz CT molecular complexity index is 1120. The number of nitrogens with one attached hydrogen (secondary N) is 1. The monoisotopic (exact) mass is 412 g/mol. The van der Waals surface area contributed by atoms with Crippen molar-refractivity contribution in [1.82, 2.24) is 14.5 Å². The zero-order chi connectivity index (χ0) is 20.0. The zero-order valence-electron chi connectivity index (χ0n) is 16.3. The highest BCUT2D eigenvalue weighted by Crippen LogP contribution is 2.33. The lowest BCUT2D eigenvalue weighted by molar-refractivity contribution is 0.111. The first-order valence-electron chi connectivity index (χ1n) is 10.5. The van der Waals surface area contributed by atoms with Gasteiger partial charge in [0, 0.05) is 34.6 Å². The van der Waals surface area contributed by atoms with E-state index in [0.29, 0.717) is 34.8 Å². The summed E-state index contributed by atoms with van der Waals surface area (Å²) in [4.78, 5) is 22.7. The molecule has 2 aromatic heterocycles. The van der Waals surface area contributed by atoms with E-state index in [1.54, 1.807) is 12.1 Å². The SMILES string of the molecule is O=c1c2cc(Cl)ccc2c2cnc(NCCC3CC3)nc2n1C1CCC(O)CC1. The second-order valence-electron chi connectivity index (χ2n) is 8.42.